The molecule has 2 nitrogen and oxygen atoms in total. The van der Waals surface area contributed by atoms with Crippen LogP contribution in [-0.4, -0.2) is 22.4 Å². The predicted octanol–water partition coefficient (Wildman–Crippen LogP) is 8.09. The zero-order chi connectivity index (χ0) is 25.3. The van der Waals surface area contributed by atoms with Gasteiger partial charge in [0, 0.05) is 0 Å². The largest absolute Gasteiger partial charge is 0.393 e. The second-order valence-electron chi connectivity index (χ2n) is 14.4. The molecule has 0 unspecified atom stereocenters. The van der Waals surface area contributed by atoms with Gasteiger partial charge in [0.2, 0.25) is 0 Å². The molecular formula is C32H54O2. The Morgan fingerprint density at radius 1 is 0.941 bits per heavy atom. The lowest BCUT2D eigenvalue weighted by Crippen LogP contribution is -2.55. The molecule has 4 aliphatic rings. The number of hydrogen-bond acceptors (Lipinski definition) is 2. The molecule has 2 saturated carbocycles. The minimum atomic E-state index is -0.248. The average molecular weight is 471 g/mol. The SMILES string of the molecule is C/C=C(/C[C@H](O)[C@@H](C)[C@H]1CC[C@@]2(C)C3=C(CC[C@]12C)[C@@]1(C)CC[C@H](O)C(C)(C)[C@@H]1CC3)C(C)C. The summed E-state index contributed by atoms with van der Waals surface area (Å²) in [5.74, 6) is 2.01. The molecule has 0 aromatic heterocycles. The van der Waals surface area contributed by atoms with E-state index in [1.54, 1.807) is 11.1 Å². The van der Waals surface area contributed by atoms with Crippen LogP contribution >= 0.6 is 0 Å². The molecule has 2 N–H and O–H groups in total. The zero-order valence-corrected chi connectivity index (χ0v) is 23.8. The lowest BCUT2D eigenvalue weighted by molar-refractivity contribution is -0.0970. The minimum absolute atomic E-state index is 0.00490. The summed E-state index contributed by atoms with van der Waals surface area (Å²) >= 11 is 0. The minimum Gasteiger partial charge on any atom is -0.393 e. The number of allylic oxidation sites excluding steroid dienone is 3. The van der Waals surface area contributed by atoms with Crippen LogP contribution in [0.4, 0.5) is 0 Å². The lowest BCUT2D eigenvalue weighted by atomic mass is 9.43. The van der Waals surface area contributed by atoms with Crippen LogP contribution in [0.5, 0.6) is 0 Å². The fourth-order valence-electron chi connectivity index (χ4n) is 9.94. The summed E-state index contributed by atoms with van der Waals surface area (Å²) in [6, 6.07) is 0. The molecule has 4 rings (SSSR count). The Morgan fingerprint density at radius 3 is 2.24 bits per heavy atom. The Morgan fingerprint density at radius 2 is 1.62 bits per heavy atom. The first-order valence-electron chi connectivity index (χ1n) is 14.5. The van der Waals surface area contributed by atoms with Gasteiger partial charge in [-0.25, -0.2) is 0 Å². The molecular weight excluding hydrogens is 416 g/mol. The summed E-state index contributed by atoms with van der Waals surface area (Å²) in [7, 11) is 0. The molecule has 0 aliphatic heterocycles. The van der Waals surface area contributed by atoms with Crippen molar-refractivity contribution in [2.45, 2.75) is 132 Å². The van der Waals surface area contributed by atoms with E-state index < -0.39 is 0 Å². The van der Waals surface area contributed by atoms with Gasteiger partial charge >= 0.3 is 0 Å². The van der Waals surface area contributed by atoms with Crippen LogP contribution in [0.15, 0.2) is 22.8 Å². The second-order valence-corrected chi connectivity index (χ2v) is 14.4. The van der Waals surface area contributed by atoms with Gasteiger partial charge in [0.15, 0.2) is 0 Å². The maximum absolute atomic E-state index is 11.4. The third kappa shape index (κ3) is 3.63. The van der Waals surface area contributed by atoms with E-state index in [0.717, 1.165) is 19.3 Å². The van der Waals surface area contributed by atoms with Crippen LogP contribution < -0.4 is 0 Å². The molecule has 0 spiro atoms. The van der Waals surface area contributed by atoms with Gasteiger partial charge in [0.1, 0.15) is 0 Å². The van der Waals surface area contributed by atoms with Gasteiger partial charge in [0.25, 0.3) is 0 Å². The van der Waals surface area contributed by atoms with Gasteiger partial charge in [-0.1, -0.05) is 78.2 Å². The zero-order valence-electron chi connectivity index (χ0n) is 23.8. The molecule has 0 amide bonds. The van der Waals surface area contributed by atoms with Crippen molar-refractivity contribution in [3.63, 3.8) is 0 Å². The van der Waals surface area contributed by atoms with E-state index in [1.807, 2.05) is 0 Å². The highest BCUT2D eigenvalue weighted by atomic mass is 16.3. The fraction of sp³-hybridized carbons (Fsp3) is 0.875. The van der Waals surface area contributed by atoms with Crippen LogP contribution in [0.1, 0.15) is 120 Å². The average Bonchev–Trinajstić information content (AvgIpc) is 3.05. The molecule has 34 heavy (non-hydrogen) atoms. The molecule has 0 aromatic rings. The van der Waals surface area contributed by atoms with Crippen LogP contribution in [-0.2, 0) is 0 Å². The smallest absolute Gasteiger partial charge is 0.0605 e. The van der Waals surface area contributed by atoms with E-state index in [4.69, 9.17) is 0 Å². The Kier molecular flexibility index (Phi) is 6.82. The molecule has 2 fully saturated rings. The third-order valence-electron chi connectivity index (χ3n) is 12.6. The Bertz CT molecular complexity index is 849. The van der Waals surface area contributed by atoms with Crippen molar-refractivity contribution in [1.29, 1.82) is 0 Å². The quantitative estimate of drug-likeness (QED) is 0.399. The second kappa shape index (κ2) is 8.76. The molecule has 4 aliphatic carbocycles. The fourth-order valence-corrected chi connectivity index (χ4v) is 9.94. The van der Waals surface area contributed by atoms with Crippen LogP contribution in [0.25, 0.3) is 0 Å². The number of aliphatic hydroxyl groups excluding tert-OH is 2. The summed E-state index contributed by atoms with van der Waals surface area (Å²) in [6.07, 6.45) is 12.2. The molecule has 0 radical (unpaired) electrons. The number of rotatable bonds is 5. The first kappa shape index (κ1) is 26.5. The highest BCUT2D eigenvalue weighted by molar-refractivity contribution is 5.38. The molecule has 2 heteroatoms. The normalized spacial score (nSPS) is 43.9. The third-order valence-corrected chi connectivity index (χ3v) is 12.6. The van der Waals surface area contributed by atoms with Gasteiger partial charge in [-0.2, -0.15) is 0 Å². The summed E-state index contributed by atoms with van der Waals surface area (Å²) in [6.45, 7) is 21.3. The Balaban J connectivity index is 1.64. The number of aliphatic hydroxyl groups is 2. The number of fused-ring (bicyclic) bond motifs is 4. The van der Waals surface area contributed by atoms with Crippen molar-refractivity contribution in [1.82, 2.24) is 0 Å². The topological polar surface area (TPSA) is 40.5 Å². The van der Waals surface area contributed by atoms with E-state index in [9.17, 15) is 10.2 Å². The first-order chi connectivity index (χ1) is 15.7. The lowest BCUT2D eigenvalue weighted by Gasteiger charge is -2.62. The van der Waals surface area contributed by atoms with Gasteiger partial charge in [0.05, 0.1) is 12.2 Å². The molecule has 0 heterocycles. The standard InChI is InChI=1S/C32H54O2/c1-10-22(20(2)3)19-26(33)21(4)23-13-17-32(9)25-11-12-27-29(5,6)28(34)15-16-30(27,7)24(25)14-18-31(23,32)8/h10,20-21,23,26-28,33-34H,11-19H2,1-9H3/b22-10-/t21-,23+,26-,27-,28-,30+,31+,32-/m0/s1. The van der Waals surface area contributed by atoms with E-state index in [0.29, 0.717) is 23.7 Å². The highest BCUT2D eigenvalue weighted by Crippen LogP contribution is 2.72. The van der Waals surface area contributed by atoms with E-state index >= 15 is 0 Å². The van der Waals surface area contributed by atoms with Gasteiger partial charge < -0.3 is 10.2 Å². The summed E-state index contributed by atoms with van der Waals surface area (Å²) in [4.78, 5) is 0. The van der Waals surface area contributed by atoms with Crippen molar-refractivity contribution in [3.05, 3.63) is 22.8 Å². The van der Waals surface area contributed by atoms with Crippen molar-refractivity contribution >= 4 is 0 Å². The molecule has 0 bridgehead atoms. The summed E-state index contributed by atoms with van der Waals surface area (Å²) < 4.78 is 0. The summed E-state index contributed by atoms with van der Waals surface area (Å²) in [5.41, 5.74) is 5.77. The molecule has 0 saturated heterocycles. The van der Waals surface area contributed by atoms with Gasteiger partial charge in [-0.15, -0.1) is 0 Å². The van der Waals surface area contributed by atoms with E-state index in [1.165, 1.54) is 44.1 Å². The molecule has 194 valence electrons. The monoisotopic (exact) mass is 470 g/mol. The van der Waals surface area contributed by atoms with E-state index in [-0.39, 0.29) is 33.9 Å². The first-order valence-corrected chi connectivity index (χ1v) is 14.5. The van der Waals surface area contributed by atoms with Crippen LogP contribution in [0, 0.1) is 45.3 Å². The molecule has 0 aromatic carbocycles. The maximum atomic E-state index is 11.4. The van der Waals surface area contributed by atoms with Crippen molar-refractivity contribution in [3.8, 4) is 0 Å². The molecule has 8 atom stereocenters. The van der Waals surface area contributed by atoms with E-state index in [2.05, 4.69) is 68.4 Å². The van der Waals surface area contributed by atoms with Crippen molar-refractivity contribution in [2.24, 2.45) is 45.3 Å². The highest BCUT2D eigenvalue weighted by Gasteiger charge is 2.63. The van der Waals surface area contributed by atoms with Crippen LogP contribution in [0.3, 0.4) is 0 Å². The predicted molar refractivity (Wildman–Crippen MR) is 143 cm³/mol. The van der Waals surface area contributed by atoms with Gasteiger partial charge in [-0.05, 0) is 110 Å². The summed E-state index contributed by atoms with van der Waals surface area (Å²) in [5, 5.41) is 22.2. The maximum Gasteiger partial charge on any atom is 0.0605 e. The number of hydrogen-bond donors (Lipinski definition) is 2. The van der Waals surface area contributed by atoms with Crippen molar-refractivity contribution < 1.29 is 10.2 Å². The van der Waals surface area contributed by atoms with Crippen LogP contribution in [0.2, 0.25) is 0 Å². The van der Waals surface area contributed by atoms with Crippen molar-refractivity contribution in [2.75, 3.05) is 0 Å². The van der Waals surface area contributed by atoms with Gasteiger partial charge in [-0.3, -0.25) is 0 Å². The Hall–Kier alpha value is -0.600. The Labute approximate surface area is 210 Å².